The lowest BCUT2D eigenvalue weighted by Crippen LogP contribution is -2.49. The molecule has 1 aromatic rings. The summed E-state index contributed by atoms with van der Waals surface area (Å²) in [5.74, 6) is 1.18. The number of amides is 1. The van der Waals surface area contributed by atoms with Gasteiger partial charge in [-0.3, -0.25) is 14.5 Å². The number of methoxy groups -OCH3 is 1. The van der Waals surface area contributed by atoms with E-state index in [2.05, 4.69) is 15.9 Å². The number of ether oxygens (including phenoxy) is 1. The average Bonchev–Trinajstić information content (AvgIpc) is 3.63. The van der Waals surface area contributed by atoms with Crippen molar-refractivity contribution in [2.24, 2.45) is 17.8 Å². The van der Waals surface area contributed by atoms with E-state index in [1.807, 2.05) is 23.1 Å². The van der Waals surface area contributed by atoms with Crippen molar-refractivity contribution in [3.8, 4) is 5.75 Å². The molecule has 170 valence electrons. The number of aliphatic carboxylic acids is 1. The van der Waals surface area contributed by atoms with Crippen LogP contribution in [0.5, 0.6) is 5.75 Å². The Balaban J connectivity index is 1.30. The van der Waals surface area contributed by atoms with E-state index in [-0.39, 0.29) is 24.2 Å². The fourth-order valence-electron chi connectivity index (χ4n) is 5.14. The summed E-state index contributed by atoms with van der Waals surface area (Å²) in [5, 5.41) is 9.35. The molecule has 0 spiro atoms. The van der Waals surface area contributed by atoms with Gasteiger partial charge in [0.1, 0.15) is 5.75 Å². The largest absolute Gasteiger partial charge is 0.495 e. The van der Waals surface area contributed by atoms with E-state index >= 15 is 0 Å². The second-order valence-electron chi connectivity index (χ2n) is 9.25. The van der Waals surface area contributed by atoms with Crippen LogP contribution in [0.1, 0.15) is 32.1 Å². The molecular weight excluding hydrogens is 394 g/mol. The highest BCUT2D eigenvalue weighted by Gasteiger charge is 2.38. The number of piperazine rings is 1. The topological polar surface area (TPSA) is 73.3 Å². The number of piperidine rings is 1. The smallest absolute Gasteiger partial charge is 0.303 e. The molecule has 3 aliphatic rings. The molecule has 7 heteroatoms. The van der Waals surface area contributed by atoms with Crippen molar-refractivity contribution in [1.82, 2.24) is 9.80 Å². The third-order valence-corrected chi connectivity index (χ3v) is 7.18. The lowest BCUT2D eigenvalue weighted by molar-refractivity contribution is -0.140. The number of carbonyl (C=O) groups is 2. The molecule has 2 atom stereocenters. The molecule has 7 nitrogen and oxygen atoms in total. The third kappa shape index (κ3) is 5.50. The minimum atomic E-state index is -0.720. The van der Waals surface area contributed by atoms with Crippen molar-refractivity contribution >= 4 is 17.6 Å². The number of carbonyl (C=O) groups excluding carboxylic acids is 1. The van der Waals surface area contributed by atoms with Crippen molar-refractivity contribution in [1.29, 1.82) is 0 Å². The fraction of sp³-hybridized carbons (Fsp3) is 0.667. The van der Waals surface area contributed by atoms with Gasteiger partial charge in [-0.15, -0.1) is 0 Å². The van der Waals surface area contributed by atoms with Crippen molar-refractivity contribution in [3.05, 3.63) is 24.3 Å². The number of likely N-dealkylation sites (tertiary alicyclic amines) is 1. The molecule has 2 saturated heterocycles. The summed E-state index contributed by atoms with van der Waals surface area (Å²) < 4.78 is 5.51. The predicted molar refractivity (Wildman–Crippen MR) is 119 cm³/mol. The normalized spacial score (nSPS) is 24.8. The van der Waals surface area contributed by atoms with Gasteiger partial charge >= 0.3 is 5.97 Å². The summed E-state index contributed by atoms with van der Waals surface area (Å²) in [6, 6.07) is 8.15. The maximum atomic E-state index is 12.5. The van der Waals surface area contributed by atoms with Gasteiger partial charge in [0.2, 0.25) is 5.91 Å². The van der Waals surface area contributed by atoms with E-state index < -0.39 is 5.97 Å². The average molecular weight is 430 g/mol. The molecule has 31 heavy (non-hydrogen) atoms. The highest BCUT2D eigenvalue weighted by molar-refractivity contribution is 5.81. The van der Waals surface area contributed by atoms with E-state index in [4.69, 9.17) is 4.74 Å². The van der Waals surface area contributed by atoms with Gasteiger partial charge in [0.25, 0.3) is 0 Å². The van der Waals surface area contributed by atoms with Crippen LogP contribution in [-0.2, 0) is 9.59 Å². The number of carboxylic acid groups (broad SMARTS) is 1. The first kappa shape index (κ1) is 21.9. The molecule has 1 saturated carbocycles. The quantitative estimate of drug-likeness (QED) is 0.685. The Bertz CT molecular complexity index is 774. The molecule has 0 bridgehead atoms. The molecule has 4 rings (SSSR count). The summed E-state index contributed by atoms with van der Waals surface area (Å²) in [6.45, 7) is 6.30. The molecule has 2 aliphatic heterocycles. The predicted octanol–water partition coefficient (Wildman–Crippen LogP) is 2.56. The van der Waals surface area contributed by atoms with Crippen LogP contribution in [-0.4, -0.2) is 79.7 Å². The summed E-state index contributed by atoms with van der Waals surface area (Å²) in [7, 11) is 1.71. The highest BCUT2D eigenvalue weighted by atomic mass is 16.5. The van der Waals surface area contributed by atoms with Gasteiger partial charge in [-0.1, -0.05) is 12.1 Å². The molecule has 1 aliphatic carbocycles. The summed E-state index contributed by atoms with van der Waals surface area (Å²) in [6.07, 6.45) is 4.04. The zero-order valence-corrected chi connectivity index (χ0v) is 18.5. The van der Waals surface area contributed by atoms with Crippen LogP contribution < -0.4 is 9.64 Å². The lowest BCUT2D eigenvalue weighted by Gasteiger charge is -2.41. The fourth-order valence-corrected chi connectivity index (χ4v) is 5.14. The lowest BCUT2D eigenvalue weighted by atomic mass is 9.81. The van der Waals surface area contributed by atoms with Crippen LogP contribution in [0.4, 0.5) is 5.69 Å². The van der Waals surface area contributed by atoms with Crippen molar-refractivity contribution in [3.63, 3.8) is 0 Å². The van der Waals surface area contributed by atoms with E-state index in [1.165, 1.54) is 0 Å². The zero-order valence-electron chi connectivity index (χ0n) is 18.5. The number of carboxylic acids is 1. The van der Waals surface area contributed by atoms with Gasteiger partial charge in [0, 0.05) is 51.6 Å². The molecule has 2 heterocycles. The second kappa shape index (κ2) is 9.90. The van der Waals surface area contributed by atoms with E-state index in [9.17, 15) is 14.7 Å². The van der Waals surface area contributed by atoms with Crippen LogP contribution in [0.2, 0.25) is 0 Å². The van der Waals surface area contributed by atoms with E-state index in [0.29, 0.717) is 5.91 Å². The van der Waals surface area contributed by atoms with E-state index in [1.54, 1.807) is 7.11 Å². The van der Waals surface area contributed by atoms with Crippen LogP contribution in [0.3, 0.4) is 0 Å². The standard InChI is InChI=1S/C24H35N3O4/c1-31-22-5-3-2-4-21(22)26-14-12-25(13-15-26)10-8-20-17-27(24(30)18-6-7-18)11-9-19(20)16-23(28)29/h2-5,18-20H,6-17H2,1H3,(H,28,29). The van der Waals surface area contributed by atoms with Crippen molar-refractivity contribution in [2.75, 3.05) is 57.8 Å². The maximum absolute atomic E-state index is 12.5. The Morgan fingerprint density at radius 1 is 1.03 bits per heavy atom. The van der Waals surface area contributed by atoms with Gasteiger partial charge in [0.15, 0.2) is 0 Å². The van der Waals surface area contributed by atoms with Crippen molar-refractivity contribution in [2.45, 2.75) is 32.1 Å². The second-order valence-corrected chi connectivity index (χ2v) is 9.25. The van der Waals surface area contributed by atoms with Crippen LogP contribution in [0.15, 0.2) is 24.3 Å². The molecule has 1 amide bonds. The van der Waals surface area contributed by atoms with Gasteiger partial charge < -0.3 is 19.6 Å². The first-order valence-electron chi connectivity index (χ1n) is 11.7. The minimum absolute atomic E-state index is 0.177. The first-order chi connectivity index (χ1) is 15.0. The number of anilines is 1. The first-order valence-corrected chi connectivity index (χ1v) is 11.7. The molecule has 0 radical (unpaired) electrons. The monoisotopic (exact) mass is 429 g/mol. The Morgan fingerprint density at radius 3 is 2.45 bits per heavy atom. The summed E-state index contributed by atoms with van der Waals surface area (Å²) in [5.41, 5.74) is 1.15. The Kier molecular flexibility index (Phi) is 7.00. The number of para-hydroxylation sites is 2. The SMILES string of the molecule is COc1ccccc1N1CCN(CCC2CN(C(=O)C3CC3)CCC2CC(=O)O)CC1. The van der Waals surface area contributed by atoms with Crippen LogP contribution >= 0.6 is 0 Å². The van der Waals surface area contributed by atoms with Crippen LogP contribution in [0.25, 0.3) is 0 Å². The highest BCUT2D eigenvalue weighted by Crippen LogP contribution is 2.35. The van der Waals surface area contributed by atoms with Gasteiger partial charge in [-0.25, -0.2) is 0 Å². The van der Waals surface area contributed by atoms with Gasteiger partial charge in [-0.05, 0) is 56.2 Å². The molecule has 1 aromatic carbocycles. The van der Waals surface area contributed by atoms with Gasteiger partial charge in [-0.2, -0.15) is 0 Å². The molecule has 3 fully saturated rings. The molecule has 0 aromatic heterocycles. The van der Waals surface area contributed by atoms with E-state index in [0.717, 1.165) is 82.9 Å². The summed E-state index contributed by atoms with van der Waals surface area (Å²) in [4.78, 5) is 30.8. The zero-order chi connectivity index (χ0) is 21.8. The molecule has 2 unspecified atom stereocenters. The Hall–Kier alpha value is -2.28. The number of hydrogen-bond donors (Lipinski definition) is 1. The Morgan fingerprint density at radius 2 is 1.77 bits per heavy atom. The summed E-state index contributed by atoms with van der Waals surface area (Å²) >= 11 is 0. The van der Waals surface area contributed by atoms with Crippen molar-refractivity contribution < 1.29 is 19.4 Å². The third-order valence-electron chi connectivity index (χ3n) is 7.18. The number of nitrogens with zero attached hydrogens (tertiary/aromatic N) is 3. The number of benzene rings is 1. The molecule has 1 N–H and O–H groups in total. The van der Waals surface area contributed by atoms with Crippen LogP contribution in [0, 0.1) is 17.8 Å². The van der Waals surface area contributed by atoms with Gasteiger partial charge in [0.05, 0.1) is 12.8 Å². The minimum Gasteiger partial charge on any atom is -0.495 e. The number of rotatable bonds is 8. The maximum Gasteiger partial charge on any atom is 0.303 e. The molecular formula is C24H35N3O4. The number of hydrogen-bond acceptors (Lipinski definition) is 5. The Labute approximate surface area is 184 Å².